The summed E-state index contributed by atoms with van der Waals surface area (Å²) in [6.07, 6.45) is 2.03. The molecule has 4 aromatic rings. The Hall–Kier alpha value is -3.94. The zero-order valence-electron chi connectivity index (χ0n) is 19.4. The molecule has 1 unspecified atom stereocenters. The summed E-state index contributed by atoms with van der Waals surface area (Å²) in [5.74, 6) is -0.102. The van der Waals surface area contributed by atoms with Crippen molar-refractivity contribution in [3.8, 4) is 28.5 Å². The van der Waals surface area contributed by atoms with Gasteiger partial charge >= 0.3 is 5.97 Å². The molecular weight excluding hydrogens is 515 g/mol. The Bertz CT molecular complexity index is 1490. The smallest absolute Gasteiger partial charge is 0.311 e. The number of carbonyl (C=O) groups excluding carboxylic acids is 1. The van der Waals surface area contributed by atoms with Gasteiger partial charge in [0.05, 0.1) is 29.7 Å². The molecule has 1 aliphatic rings. The number of carbonyl (C=O) groups is 2. The van der Waals surface area contributed by atoms with E-state index >= 15 is 0 Å². The number of carboxylic acids is 1. The Labute approximate surface area is 222 Å². The van der Waals surface area contributed by atoms with Crippen LogP contribution in [0.4, 0.5) is 0 Å². The topological polar surface area (TPSA) is 98.6 Å². The minimum atomic E-state index is -0.920. The molecule has 0 amide bonds. The van der Waals surface area contributed by atoms with Crippen molar-refractivity contribution in [2.75, 3.05) is 6.61 Å². The quantitative estimate of drug-likeness (QED) is 0.266. The van der Waals surface area contributed by atoms with Crippen LogP contribution < -0.4 is 9.47 Å². The number of nitrogens with zero attached hydrogens (tertiary/aromatic N) is 2. The monoisotopic (exact) mass is 534 g/mol. The Morgan fingerprint density at radius 3 is 2.62 bits per heavy atom. The van der Waals surface area contributed by atoms with E-state index in [1.54, 1.807) is 60.8 Å². The van der Waals surface area contributed by atoms with Gasteiger partial charge in [-0.3, -0.25) is 9.59 Å². The molecule has 0 saturated heterocycles. The molecule has 0 bridgehead atoms. The van der Waals surface area contributed by atoms with Crippen LogP contribution >= 0.6 is 23.2 Å². The van der Waals surface area contributed by atoms with Crippen molar-refractivity contribution < 1.29 is 24.2 Å². The van der Waals surface area contributed by atoms with Crippen LogP contribution in [-0.2, 0) is 11.2 Å². The van der Waals surface area contributed by atoms with E-state index in [2.05, 4.69) is 9.97 Å². The van der Waals surface area contributed by atoms with Crippen LogP contribution in [0.3, 0.4) is 0 Å². The molecule has 37 heavy (non-hydrogen) atoms. The van der Waals surface area contributed by atoms with E-state index in [1.165, 1.54) is 0 Å². The highest BCUT2D eigenvalue weighted by Crippen LogP contribution is 2.41. The molecule has 0 spiro atoms. The number of benzene rings is 3. The van der Waals surface area contributed by atoms with Gasteiger partial charge in [-0.25, -0.2) is 9.97 Å². The predicted octanol–water partition coefficient (Wildman–Crippen LogP) is 6.62. The lowest BCUT2D eigenvalue weighted by Crippen LogP contribution is -2.20. The van der Waals surface area contributed by atoms with Crippen molar-refractivity contribution in [2.45, 2.75) is 18.8 Å². The number of ether oxygens (including phenoxy) is 2. The third-order valence-electron chi connectivity index (χ3n) is 5.95. The summed E-state index contributed by atoms with van der Waals surface area (Å²) in [5.41, 5.74) is 2.53. The zero-order valence-corrected chi connectivity index (χ0v) is 20.9. The maximum absolute atomic E-state index is 12.9. The van der Waals surface area contributed by atoms with Gasteiger partial charge in [0, 0.05) is 34.0 Å². The minimum absolute atomic E-state index is 0.0351. The lowest BCUT2D eigenvalue weighted by Gasteiger charge is -2.24. The predicted molar refractivity (Wildman–Crippen MR) is 139 cm³/mol. The van der Waals surface area contributed by atoms with Crippen molar-refractivity contribution in [1.29, 1.82) is 0 Å². The minimum Gasteiger partial charge on any atom is -0.493 e. The first-order valence-electron chi connectivity index (χ1n) is 11.5. The largest absolute Gasteiger partial charge is 0.493 e. The average molecular weight is 535 g/mol. The molecule has 0 aliphatic carbocycles. The van der Waals surface area contributed by atoms with Crippen LogP contribution in [0, 0.1) is 0 Å². The van der Waals surface area contributed by atoms with E-state index in [-0.39, 0.29) is 17.2 Å². The number of Topliss-reactive ketones (excluding diaryl/α,β-unsaturated/α-hetero) is 1. The third-order valence-corrected chi connectivity index (χ3v) is 6.48. The van der Waals surface area contributed by atoms with Crippen LogP contribution in [0.5, 0.6) is 17.2 Å². The first-order valence-corrected chi connectivity index (χ1v) is 12.2. The molecule has 0 fully saturated rings. The van der Waals surface area contributed by atoms with Crippen molar-refractivity contribution in [3.05, 3.63) is 99.9 Å². The number of rotatable bonds is 7. The molecule has 1 aliphatic heterocycles. The van der Waals surface area contributed by atoms with Gasteiger partial charge in [0.2, 0.25) is 0 Å². The zero-order chi connectivity index (χ0) is 25.9. The molecule has 7 nitrogen and oxygen atoms in total. The summed E-state index contributed by atoms with van der Waals surface area (Å²) < 4.78 is 11.5. The number of ketones is 1. The van der Waals surface area contributed by atoms with E-state index in [1.807, 2.05) is 12.1 Å². The van der Waals surface area contributed by atoms with Gasteiger partial charge in [0.25, 0.3) is 0 Å². The second kappa shape index (κ2) is 10.6. The van der Waals surface area contributed by atoms with Gasteiger partial charge < -0.3 is 14.6 Å². The van der Waals surface area contributed by atoms with Crippen molar-refractivity contribution >= 4 is 35.0 Å². The number of hydrogen-bond donors (Lipinski definition) is 1. The first kappa shape index (κ1) is 24.7. The second-order valence-corrected chi connectivity index (χ2v) is 9.29. The van der Waals surface area contributed by atoms with Crippen molar-refractivity contribution in [1.82, 2.24) is 9.97 Å². The van der Waals surface area contributed by atoms with Gasteiger partial charge in [-0.05, 0) is 55.0 Å². The molecule has 1 atom stereocenters. The molecule has 0 saturated carbocycles. The molecule has 5 rings (SSSR count). The fraction of sp³-hybridized carbons (Fsp3) is 0.143. The number of carboxylic acid groups (broad SMARTS) is 1. The van der Waals surface area contributed by atoms with Crippen LogP contribution in [-0.4, -0.2) is 33.4 Å². The fourth-order valence-corrected chi connectivity index (χ4v) is 4.50. The second-order valence-electron chi connectivity index (χ2n) is 8.44. The van der Waals surface area contributed by atoms with E-state index < -0.39 is 11.9 Å². The highest BCUT2D eigenvalue weighted by molar-refractivity contribution is 6.32. The molecule has 0 radical (unpaired) electrons. The van der Waals surface area contributed by atoms with Crippen molar-refractivity contribution in [2.24, 2.45) is 0 Å². The summed E-state index contributed by atoms with van der Waals surface area (Å²) in [7, 11) is 0. The highest BCUT2D eigenvalue weighted by Gasteiger charge is 2.29. The van der Waals surface area contributed by atoms with E-state index in [9.17, 15) is 14.7 Å². The number of fused-ring (bicyclic) bond motifs is 1. The van der Waals surface area contributed by atoms with Gasteiger partial charge in [-0.1, -0.05) is 35.3 Å². The molecule has 1 N–H and O–H groups in total. The number of halogens is 2. The number of aromatic nitrogens is 2. The summed E-state index contributed by atoms with van der Waals surface area (Å²) in [6, 6.07) is 18.9. The van der Waals surface area contributed by atoms with Crippen LogP contribution in [0.15, 0.2) is 72.9 Å². The highest BCUT2D eigenvalue weighted by atomic mass is 35.5. The summed E-state index contributed by atoms with van der Waals surface area (Å²) in [5, 5.41) is 10.3. The Kier molecular flexibility index (Phi) is 7.08. The van der Waals surface area contributed by atoms with Gasteiger partial charge in [-0.15, -0.1) is 0 Å². The Morgan fingerprint density at radius 1 is 1.05 bits per heavy atom. The molecule has 186 valence electrons. The third kappa shape index (κ3) is 5.58. The maximum Gasteiger partial charge on any atom is 0.311 e. The molecule has 1 aromatic heterocycles. The van der Waals surface area contributed by atoms with E-state index in [0.717, 1.165) is 5.56 Å². The lowest BCUT2D eigenvalue weighted by molar-refractivity contribution is -0.139. The lowest BCUT2D eigenvalue weighted by atomic mass is 9.93. The van der Waals surface area contributed by atoms with Crippen LogP contribution in [0.25, 0.3) is 11.3 Å². The van der Waals surface area contributed by atoms with E-state index in [0.29, 0.717) is 57.9 Å². The number of aliphatic carboxylic acids is 1. The first-order chi connectivity index (χ1) is 17.9. The summed E-state index contributed by atoms with van der Waals surface area (Å²) in [6.45, 7) is 0.299. The van der Waals surface area contributed by atoms with Gasteiger partial charge in [0.1, 0.15) is 23.1 Å². The average Bonchev–Trinajstić information content (AvgIpc) is 2.89. The Morgan fingerprint density at radius 2 is 1.86 bits per heavy atom. The van der Waals surface area contributed by atoms with Crippen LogP contribution in [0.1, 0.15) is 34.1 Å². The summed E-state index contributed by atoms with van der Waals surface area (Å²) in [4.78, 5) is 33.1. The molecule has 2 heterocycles. The molecule has 9 heteroatoms. The fourth-order valence-electron chi connectivity index (χ4n) is 4.10. The SMILES string of the molecule is O=C(Cc1nccc(-c2cccc(Cl)c2)n1)c1ccc(Oc2cc3c(cc2Cl)C(C(=O)O)CCO3)cc1. The Balaban J connectivity index is 1.28. The normalized spacial score (nSPS) is 14.4. The standard InChI is InChI=1S/C28H20Cl2N2O5/c29-18-3-1-2-17(12-18)23-8-10-31-27(32-23)14-24(33)16-4-6-19(7-5-16)37-26-15-25-21(13-22(26)30)20(28(34)35)9-11-36-25/h1-8,10,12-13,15,20H,9,11,14H2,(H,34,35). The maximum atomic E-state index is 12.9. The van der Waals surface area contributed by atoms with E-state index in [4.69, 9.17) is 32.7 Å². The van der Waals surface area contributed by atoms with Crippen LogP contribution in [0.2, 0.25) is 10.0 Å². The molecular formula is C28H20Cl2N2O5. The number of hydrogen-bond acceptors (Lipinski definition) is 6. The van der Waals surface area contributed by atoms with Crippen molar-refractivity contribution in [3.63, 3.8) is 0 Å². The summed E-state index contributed by atoms with van der Waals surface area (Å²) >= 11 is 12.4. The van der Waals surface area contributed by atoms with Gasteiger partial charge in [-0.2, -0.15) is 0 Å². The molecule has 3 aromatic carbocycles. The van der Waals surface area contributed by atoms with Gasteiger partial charge in [0.15, 0.2) is 5.78 Å².